The van der Waals surface area contributed by atoms with E-state index < -0.39 is 30.0 Å². The summed E-state index contributed by atoms with van der Waals surface area (Å²) in [5, 5.41) is 11.6. The van der Waals surface area contributed by atoms with Crippen molar-refractivity contribution in [1.82, 2.24) is 10.6 Å². The van der Waals surface area contributed by atoms with Crippen LogP contribution in [0.4, 0.5) is 16.2 Å². The molecule has 6 N–H and O–H groups in total. The molecule has 2 aliphatic carbocycles. The summed E-state index contributed by atoms with van der Waals surface area (Å²) in [4.78, 5) is 52.6. The highest BCUT2D eigenvalue weighted by Gasteiger charge is 2.32. The molecule has 0 aliphatic heterocycles. The average Bonchev–Trinajstić information content (AvgIpc) is 3.44. The smallest absolute Gasteiger partial charge is 0.407 e. The van der Waals surface area contributed by atoms with Crippen molar-refractivity contribution in [2.45, 2.75) is 75.8 Å². The first-order valence-electron chi connectivity index (χ1n) is 17.2. The number of rotatable bonds is 15. The summed E-state index contributed by atoms with van der Waals surface area (Å²) in [6, 6.07) is 21.4. The third kappa shape index (κ3) is 9.92. The average molecular weight is 733 g/mol. The maximum absolute atomic E-state index is 13.9. The van der Waals surface area contributed by atoms with E-state index in [1.807, 2.05) is 24.3 Å². The number of nitrogens with two attached hydrogens (primary N) is 1. The molecule has 0 unspecified atom stereocenters. The lowest BCUT2D eigenvalue weighted by Crippen LogP contribution is -2.53. The first kappa shape index (κ1) is 36.1. The number of benzene rings is 3. The van der Waals surface area contributed by atoms with Gasteiger partial charge in [-0.25, -0.2) is 4.79 Å². The van der Waals surface area contributed by atoms with Crippen LogP contribution >= 0.6 is 15.9 Å². The summed E-state index contributed by atoms with van der Waals surface area (Å²) in [7, 11) is 0. The second kappa shape index (κ2) is 18.0. The zero-order valence-corrected chi connectivity index (χ0v) is 29.3. The zero-order chi connectivity index (χ0) is 34.6. The fourth-order valence-electron chi connectivity index (χ4n) is 6.90. The number of alkyl halides is 1. The van der Waals surface area contributed by atoms with Crippen molar-refractivity contribution in [3.05, 3.63) is 83.9 Å². The number of nitrogens with one attached hydrogen (secondary N) is 4. The Morgan fingerprint density at radius 3 is 2.08 bits per heavy atom. The maximum Gasteiger partial charge on any atom is 0.407 e. The van der Waals surface area contributed by atoms with Crippen molar-refractivity contribution < 1.29 is 23.9 Å². The SMILES string of the molecule is NCCCC[C@H](NC(=O)[C@H](CC1CCCCC1)NC(=O)OCC1c2ccccc2-c2ccccc21)C(=O)Nc1cccc(NC(=O)CBr)c1. The zero-order valence-electron chi connectivity index (χ0n) is 27.7. The van der Waals surface area contributed by atoms with Gasteiger partial charge in [0.15, 0.2) is 0 Å². The molecule has 3 aromatic rings. The molecule has 0 bridgehead atoms. The van der Waals surface area contributed by atoms with Crippen LogP contribution < -0.4 is 27.0 Å². The van der Waals surface area contributed by atoms with Gasteiger partial charge in [-0.05, 0) is 78.6 Å². The van der Waals surface area contributed by atoms with Gasteiger partial charge in [-0.15, -0.1) is 0 Å². The lowest BCUT2D eigenvalue weighted by Gasteiger charge is -2.28. The lowest BCUT2D eigenvalue weighted by atomic mass is 9.84. The van der Waals surface area contributed by atoms with Crippen molar-refractivity contribution in [3.63, 3.8) is 0 Å². The van der Waals surface area contributed by atoms with E-state index in [9.17, 15) is 19.2 Å². The summed E-state index contributed by atoms with van der Waals surface area (Å²) in [5.41, 5.74) is 11.2. The van der Waals surface area contributed by atoms with Crippen molar-refractivity contribution >= 4 is 51.1 Å². The number of halogens is 1. The molecule has 0 aromatic heterocycles. The molecule has 5 rings (SSSR count). The highest BCUT2D eigenvalue weighted by atomic mass is 79.9. The second-order valence-corrected chi connectivity index (χ2v) is 13.4. The van der Waals surface area contributed by atoms with E-state index >= 15 is 0 Å². The number of carbonyl (C=O) groups excluding carboxylic acids is 4. The molecule has 1 saturated carbocycles. The Labute approximate surface area is 296 Å². The molecule has 260 valence electrons. The van der Waals surface area contributed by atoms with Crippen LogP contribution in [0.25, 0.3) is 11.1 Å². The normalized spacial score (nSPS) is 15.3. The van der Waals surface area contributed by atoms with Crippen molar-refractivity contribution in [3.8, 4) is 11.1 Å². The molecule has 11 heteroatoms. The summed E-state index contributed by atoms with van der Waals surface area (Å²) >= 11 is 3.13. The molecule has 10 nitrogen and oxygen atoms in total. The molecule has 2 atom stereocenters. The monoisotopic (exact) mass is 731 g/mol. The van der Waals surface area contributed by atoms with Gasteiger partial charge in [0.2, 0.25) is 17.7 Å². The number of alkyl carbamates (subject to hydrolysis) is 1. The van der Waals surface area contributed by atoms with Gasteiger partial charge in [0, 0.05) is 17.3 Å². The number of ether oxygens (including phenoxy) is 1. The van der Waals surface area contributed by atoms with Crippen LogP contribution in [0, 0.1) is 5.92 Å². The third-order valence-electron chi connectivity index (χ3n) is 9.36. The number of carbonyl (C=O) groups is 4. The molecule has 49 heavy (non-hydrogen) atoms. The van der Waals surface area contributed by atoms with Crippen LogP contribution in [0.1, 0.15) is 74.8 Å². The molecule has 2 aliphatic rings. The predicted octanol–water partition coefficient (Wildman–Crippen LogP) is 6.45. The Hall–Kier alpha value is -4.22. The Bertz CT molecular complexity index is 1570. The summed E-state index contributed by atoms with van der Waals surface area (Å²) < 4.78 is 5.81. The molecule has 3 aromatic carbocycles. The molecular formula is C38H46BrN5O5. The molecular weight excluding hydrogens is 686 g/mol. The van der Waals surface area contributed by atoms with Crippen LogP contribution in [0.3, 0.4) is 0 Å². The van der Waals surface area contributed by atoms with Gasteiger partial charge in [-0.3, -0.25) is 14.4 Å². The highest BCUT2D eigenvalue weighted by Crippen LogP contribution is 2.44. The fourth-order valence-corrected chi connectivity index (χ4v) is 7.04. The van der Waals surface area contributed by atoms with E-state index in [0.29, 0.717) is 43.6 Å². The van der Waals surface area contributed by atoms with Crippen LogP contribution in [-0.4, -0.2) is 54.4 Å². The van der Waals surface area contributed by atoms with Crippen molar-refractivity contribution in [1.29, 1.82) is 0 Å². The molecule has 0 spiro atoms. The number of hydrogen-bond acceptors (Lipinski definition) is 6. The maximum atomic E-state index is 13.9. The van der Waals surface area contributed by atoms with E-state index in [0.717, 1.165) is 54.4 Å². The van der Waals surface area contributed by atoms with Gasteiger partial charge in [0.05, 0.1) is 5.33 Å². The Balaban J connectivity index is 1.27. The van der Waals surface area contributed by atoms with E-state index in [-0.39, 0.29) is 29.7 Å². The largest absolute Gasteiger partial charge is 0.449 e. The minimum atomic E-state index is -0.869. The number of anilines is 2. The Morgan fingerprint density at radius 2 is 1.43 bits per heavy atom. The summed E-state index contributed by atoms with van der Waals surface area (Å²) in [6.45, 7) is 0.599. The van der Waals surface area contributed by atoms with Crippen LogP contribution in [0.15, 0.2) is 72.8 Å². The van der Waals surface area contributed by atoms with Gasteiger partial charge in [0.25, 0.3) is 0 Å². The van der Waals surface area contributed by atoms with Crippen LogP contribution in [0.2, 0.25) is 0 Å². The van der Waals surface area contributed by atoms with E-state index in [2.05, 4.69) is 61.5 Å². The highest BCUT2D eigenvalue weighted by molar-refractivity contribution is 9.09. The molecule has 4 amide bonds. The number of fused-ring (bicyclic) bond motifs is 3. The van der Waals surface area contributed by atoms with Gasteiger partial charge in [-0.2, -0.15) is 0 Å². The van der Waals surface area contributed by atoms with Gasteiger partial charge in [0.1, 0.15) is 18.7 Å². The standard InChI is InChI=1S/C38H46BrN5O5/c39-23-35(45)41-26-13-10-14-27(22-26)42-36(46)33(19-8-9-20-40)43-37(47)34(21-25-11-2-1-3-12-25)44-38(48)49-24-32-30-17-6-4-15-28(30)29-16-5-7-18-31(29)32/h4-7,10,13-18,22,25,32-34H,1-3,8-9,11-12,19-21,23-24,40H2,(H,41,45)(H,42,46)(H,43,47)(H,44,48)/t33-,34-/m0/s1. The minimum absolute atomic E-state index is 0.106. The number of amides is 4. The van der Waals surface area contributed by atoms with Crippen LogP contribution in [0.5, 0.6) is 0 Å². The lowest BCUT2D eigenvalue weighted by molar-refractivity contribution is -0.128. The molecule has 0 radical (unpaired) electrons. The van der Waals surface area contributed by atoms with Crippen LogP contribution in [-0.2, 0) is 19.1 Å². The number of hydrogen-bond donors (Lipinski definition) is 5. The predicted molar refractivity (Wildman–Crippen MR) is 196 cm³/mol. The summed E-state index contributed by atoms with van der Waals surface area (Å²) in [5.74, 6) is -0.869. The second-order valence-electron chi connectivity index (χ2n) is 12.9. The quantitative estimate of drug-likeness (QED) is 0.0896. The summed E-state index contributed by atoms with van der Waals surface area (Å²) in [6.07, 6.45) is 6.80. The topological polar surface area (TPSA) is 152 Å². The third-order valence-corrected chi connectivity index (χ3v) is 9.87. The van der Waals surface area contributed by atoms with Gasteiger partial charge < -0.3 is 31.7 Å². The van der Waals surface area contributed by atoms with E-state index in [1.54, 1.807) is 24.3 Å². The van der Waals surface area contributed by atoms with E-state index in [4.69, 9.17) is 10.5 Å². The van der Waals surface area contributed by atoms with Gasteiger partial charge >= 0.3 is 6.09 Å². The minimum Gasteiger partial charge on any atom is -0.449 e. The van der Waals surface area contributed by atoms with Crippen molar-refractivity contribution in [2.75, 3.05) is 29.1 Å². The van der Waals surface area contributed by atoms with Gasteiger partial charge in [-0.1, -0.05) is 103 Å². The fraction of sp³-hybridized carbons (Fsp3) is 0.421. The Morgan fingerprint density at radius 1 is 0.776 bits per heavy atom. The number of unbranched alkanes of at least 4 members (excludes halogenated alkanes) is 1. The van der Waals surface area contributed by atoms with E-state index in [1.165, 1.54) is 0 Å². The molecule has 0 saturated heterocycles. The first-order valence-corrected chi connectivity index (χ1v) is 18.4. The first-order chi connectivity index (χ1) is 23.9. The molecule has 1 fully saturated rings. The molecule has 0 heterocycles. The van der Waals surface area contributed by atoms with Crippen molar-refractivity contribution in [2.24, 2.45) is 11.7 Å². The Kier molecular flexibility index (Phi) is 13.2.